The SMILES string of the molecule is COc1cccc(OC)c1C(O)Cc1ccc(F)cc1Cl. The van der Waals surface area contributed by atoms with E-state index in [1.807, 2.05) is 0 Å². The Balaban J connectivity index is 2.33. The lowest BCUT2D eigenvalue weighted by molar-refractivity contribution is 0.169. The molecule has 5 heteroatoms. The summed E-state index contributed by atoms with van der Waals surface area (Å²) in [5.41, 5.74) is 1.20. The predicted octanol–water partition coefficient (Wildman–Crippen LogP) is 3.77. The van der Waals surface area contributed by atoms with Crippen molar-refractivity contribution in [3.63, 3.8) is 0 Å². The van der Waals surface area contributed by atoms with Gasteiger partial charge in [0.25, 0.3) is 0 Å². The van der Waals surface area contributed by atoms with Gasteiger partial charge in [-0.15, -0.1) is 0 Å². The summed E-state index contributed by atoms with van der Waals surface area (Å²) in [7, 11) is 3.05. The van der Waals surface area contributed by atoms with Gasteiger partial charge >= 0.3 is 0 Å². The summed E-state index contributed by atoms with van der Waals surface area (Å²) in [6.07, 6.45) is -0.644. The van der Waals surface area contributed by atoms with Gasteiger partial charge in [0.15, 0.2) is 0 Å². The third kappa shape index (κ3) is 3.46. The minimum Gasteiger partial charge on any atom is -0.496 e. The summed E-state index contributed by atoms with van der Waals surface area (Å²) in [6.45, 7) is 0. The number of aliphatic hydroxyl groups excluding tert-OH is 1. The van der Waals surface area contributed by atoms with Gasteiger partial charge in [0.1, 0.15) is 17.3 Å². The van der Waals surface area contributed by atoms with E-state index in [-0.39, 0.29) is 11.4 Å². The molecule has 1 atom stereocenters. The normalized spacial score (nSPS) is 12.0. The minimum atomic E-state index is -0.876. The van der Waals surface area contributed by atoms with Crippen molar-refractivity contribution in [2.75, 3.05) is 14.2 Å². The smallest absolute Gasteiger partial charge is 0.128 e. The van der Waals surface area contributed by atoms with Crippen LogP contribution in [0.1, 0.15) is 17.2 Å². The highest BCUT2D eigenvalue weighted by Gasteiger charge is 2.20. The van der Waals surface area contributed by atoms with Crippen molar-refractivity contribution in [3.8, 4) is 11.5 Å². The van der Waals surface area contributed by atoms with Crippen LogP contribution >= 0.6 is 11.6 Å². The van der Waals surface area contributed by atoms with E-state index in [0.29, 0.717) is 22.6 Å². The summed E-state index contributed by atoms with van der Waals surface area (Å²) < 4.78 is 23.6. The van der Waals surface area contributed by atoms with Crippen LogP contribution in [0, 0.1) is 5.82 Å². The molecule has 0 aromatic heterocycles. The summed E-state index contributed by atoms with van der Waals surface area (Å²) in [5, 5.41) is 10.8. The van der Waals surface area contributed by atoms with Crippen LogP contribution in [-0.2, 0) is 6.42 Å². The van der Waals surface area contributed by atoms with E-state index in [1.165, 1.54) is 26.4 Å². The van der Waals surface area contributed by atoms with E-state index >= 15 is 0 Å². The van der Waals surface area contributed by atoms with Crippen LogP contribution in [0.25, 0.3) is 0 Å². The summed E-state index contributed by atoms with van der Waals surface area (Å²) in [6, 6.07) is 9.36. The van der Waals surface area contributed by atoms with Gasteiger partial charge in [-0.3, -0.25) is 0 Å². The largest absolute Gasteiger partial charge is 0.496 e. The third-order valence-corrected chi connectivity index (χ3v) is 3.58. The second-order valence-corrected chi connectivity index (χ2v) is 4.94. The lowest BCUT2D eigenvalue weighted by Gasteiger charge is -2.18. The van der Waals surface area contributed by atoms with E-state index in [4.69, 9.17) is 21.1 Å². The first-order chi connectivity index (χ1) is 10.1. The molecule has 3 nitrogen and oxygen atoms in total. The van der Waals surface area contributed by atoms with Crippen molar-refractivity contribution >= 4 is 11.6 Å². The zero-order chi connectivity index (χ0) is 15.4. The van der Waals surface area contributed by atoms with E-state index < -0.39 is 11.9 Å². The van der Waals surface area contributed by atoms with Crippen LogP contribution in [0.2, 0.25) is 5.02 Å². The Bertz CT molecular complexity index is 609. The van der Waals surface area contributed by atoms with Crippen LogP contribution < -0.4 is 9.47 Å². The first-order valence-corrected chi connectivity index (χ1v) is 6.77. The molecule has 2 aromatic rings. The zero-order valence-corrected chi connectivity index (χ0v) is 12.5. The van der Waals surface area contributed by atoms with Gasteiger partial charge in [-0.05, 0) is 29.8 Å². The van der Waals surface area contributed by atoms with Crippen molar-refractivity contribution in [3.05, 3.63) is 58.4 Å². The second kappa shape index (κ2) is 6.78. The summed E-state index contributed by atoms with van der Waals surface area (Å²) in [5.74, 6) is 0.647. The average Bonchev–Trinajstić information content (AvgIpc) is 2.49. The molecule has 0 spiro atoms. The van der Waals surface area contributed by atoms with Gasteiger partial charge in [0.05, 0.1) is 25.9 Å². The number of ether oxygens (including phenoxy) is 2. The average molecular weight is 311 g/mol. The minimum absolute atomic E-state index is 0.232. The van der Waals surface area contributed by atoms with Crippen molar-refractivity contribution in [2.24, 2.45) is 0 Å². The second-order valence-electron chi connectivity index (χ2n) is 4.53. The fraction of sp³-hybridized carbons (Fsp3) is 0.250. The van der Waals surface area contributed by atoms with Gasteiger partial charge in [-0.1, -0.05) is 23.7 Å². The lowest BCUT2D eigenvalue weighted by Crippen LogP contribution is -2.07. The molecule has 0 aliphatic carbocycles. The Kier molecular flexibility index (Phi) is 5.04. The quantitative estimate of drug-likeness (QED) is 0.913. The number of benzene rings is 2. The van der Waals surface area contributed by atoms with Crippen LogP contribution in [0.3, 0.4) is 0 Å². The summed E-state index contributed by atoms with van der Waals surface area (Å²) in [4.78, 5) is 0. The molecule has 112 valence electrons. The molecule has 0 saturated carbocycles. The molecule has 0 bridgehead atoms. The molecule has 1 N–H and O–H groups in total. The highest BCUT2D eigenvalue weighted by molar-refractivity contribution is 6.31. The molecular formula is C16H16ClFO3. The van der Waals surface area contributed by atoms with E-state index in [9.17, 15) is 9.50 Å². The first kappa shape index (κ1) is 15.6. The molecule has 0 fully saturated rings. The Morgan fingerprint density at radius 2 is 1.76 bits per heavy atom. The van der Waals surface area contributed by atoms with Crippen LogP contribution in [0.5, 0.6) is 11.5 Å². The van der Waals surface area contributed by atoms with E-state index in [0.717, 1.165) is 0 Å². The van der Waals surface area contributed by atoms with Gasteiger partial charge in [0, 0.05) is 11.4 Å². The first-order valence-electron chi connectivity index (χ1n) is 6.39. The number of methoxy groups -OCH3 is 2. The van der Waals surface area contributed by atoms with Crippen molar-refractivity contribution in [2.45, 2.75) is 12.5 Å². The van der Waals surface area contributed by atoms with Gasteiger partial charge in [-0.2, -0.15) is 0 Å². The molecule has 0 saturated heterocycles. The maximum absolute atomic E-state index is 13.1. The fourth-order valence-corrected chi connectivity index (χ4v) is 2.45. The van der Waals surface area contributed by atoms with Crippen molar-refractivity contribution in [1.82, 2.24) is 0 Å². The standard InChI is InChI=1S/C16H16ClFO3/c1-20-14-4-3-5-15(21-2)16(14)13(19)8-10-6-7-11(18)9-12(10)17/h3-7,9,13,19H,8H2,1-2H3. The molecule has 0 aliphatic rings. The van der Waals surface area contributed by atoms with E-state index in [2.05, 4.69) is 0 Å². The van der Waals surface area contributed by atoms with Gasteiger partial charge in [-0.25, -0.2) is 4.39 Å². The Labute approximate surface area is 127 Å². The Morgan fingerprint density at radius 3 is 2.29 bits per heavy atom. The molecule has 0 aliphatic heterocycles. The summed E-state index contributed by atoms with van der Waals surface area (Å²) >= 11 is 5.99. The Hall–Kier alpha value is -1.78. The number of rotatable bonds is 5. The van der Waals surface area contributed by atoms with Crippen LogP contribution in [0.4, 0.5) is 4.39 Å². The molecule has 2 aromatic carbocycles. The number of hydrogen-bond donors (Lipinski definition) is 1. The maximum Gasteiger partial charge on any atom is 0.128 e. The predicted molar refractivity (Wildman–Crippen MR) is 79.6 cm³/mol. The van der Waals surface area contributed by atoms with Crippen LogP contribution in [-0.4, -0.2) is 19.3 Å². The van der Waals surface area contributed by atoms with Crippen LogP contribution in [0.15, 0.2) is 36.4 Å². The van der Waals surface area contributed by atoms with Crippen molar-refractivity contribution < 1.29 is 19.0 Å². The van der Waals surface area contributed by atoms with Gasteiger partial charge in [0.2, 0.25) is 0 Å². The number of hydrogen-bond acceptors (Lipinski definition) is 3. The number of halogens is 2. The molecule has 0 radical (unpaired) electrons. The molecule has 1 unspecified atom stereocenters. The molecule has 2 rings (SSSR count). The van der Waals surface area contributed by atoms with Gasteiger partial charge < -0.3 is 14.6 Å². The maximum atomic E-state index is 13.1. The zero-order valence-electron chi connectivity index (χ0n) is 11.8. The molecular weight excluding hydrogens is 295 g/mol. The topological polar surface area (TPSA) is 38.7 Å². The number of aliphatic hydroxyl groups is 1. The highest BCUT2D eigenvalue weighted by Crippen LogP contribution is 2.36. The third-order valence-electron chi connectivity index (χ3n) is 3.23. The highest BCUT2D eigenvalue weighted by atomic mass is 35.5. The molecule has 0 amide bonds. The van der Waals surface area contributed by atoms with Crippen molar-refractivity contribution in [1.29, 1.82) is 0 Å². The monoisotopic (exact) mass is 310 g/mol. The van der Waals surface area contributed by atoms with E-state index in [1.54, 1.807) is 24.3 Å². The fourth-order valence-electron chi connectivity index (χ4n) is 2.21. The Morgan fingerprint density at radius 1 is 1.14 bits per heavy atom. The lowest BCUT2D eigenvalue weighted by atomic mass is 9.99. The molecule has 21 heavy (non-hydrogen) atoms. The molecule has 0 heterocycles.